The standard InChI is InChI=1S/C33H19NO4S.3H2/c1-3-4-5-6-7-8-9-13-30(34-38-24(2)35)25-15-19-28(20-16-25)39-29-21-17-26(18-22-29)33(36)32-23-27-12-10-11-14-31(27)37-32;;;/h10-12,14-23H,1-2H3;3*1H. The van der Waals surface area contributed by atoms with Crippen LogP contribution in [0.3, 0.4) is 0 Å². The fourth-order valence-corrected chi connectivity index (χ4v) is 4.08. The molecule has 4 rings (SSSR count). The van der Waals surface area contributed by atoms with Gasteiger partial charge < -0.3 is 9.25 Å². The predicted octanol–water partition coefficient (Wildman–Crippen LogP) is 6.85. The van der Waals surface area contributed by atoms with E-state index in [9.17, 15) is 9.59 Å². The zero-order valence-corrected chi connectivity index (χ0v) is 21.8. The van der Waals surface area contributed by atoms with Gasteiger partial charge in [0.2, 0.25) is 5.78 Å². The topological polar surface area (TPSA) is 68.9 Å². The second-order valence-electron chi connectivity index (χ2n) is 7.78. The molecule has 0 saturated carbocycles. The quantitative estimate of drug-likeness (QED) is 0.0895. The number of oxime groups is 1. The molecule has 0 unspecified atom stereocenters. The Kier molecular flexibility index (Phi) is 9.04. The van der Waals surface area contributed by atoms with Crippen molar-refractivity contribution in [1.29, 1.82) is 0 Å². The average molecular weight is 532 g/mol. The third-order valence-electron chi connectivity index (χ3n) is 5.01. The summed E-state index contributed by atoms with van der Waals surface area (Å²) < 4.78 is 5.70. The lowest BCUT2D eigenvalue weighted by Gasteiger charge is -2.05. The zero-order chi connectivity index (χ0) is 27.5. The van der Waals surface area contributed by atoms with E-state index >= 15 is 0 Å². The number of furan rings is 1. The summed E-state index contributed by atoms with van der Waals surface area (Å²) in [6.07, 6.45) is 0. The van der Waals surface area contributed by atoms with Crippen LogP contribution in [0.4, 0.5) is 0 Å². The maximum atomic E-state index is 12.9. The van der Waals surface area contributed by atoms with Crippen molar-refractivity contribution >= 4 is 40.2 Å². The second-order valence-corrected chi connectivity index (χ2v) is 8.92. The van der Waals surface area contributed by atoms with E-state index in [1.165, 1.54) is 18.7 Å². The number of rotatable bonds is 6. The summed E-state index contributed by atoms with van der Waals surface area (Å²) in [4.78, 5) is 30.8. The first kappa shape index (κ1) is 26.7. The molecule has 0 bridgehead atoms. The van der Waals surface area contributed by atoms with Crippen molar-refractivity contribution in [2.75, 3.05) is 0 Å². The van der Waals surface area contributed by atoms with Gasteiger partial charge in [0.15, 0.2) is 11.5 Å². The van der Waals surface area contributed by atoms with Crippen LogP contribution in [-0.4, -0.2) is 17.5 Å². The van der Waals surface area contributed by atoms with Crippen LogP contribution < -0.4 is 0 Å². The van der Waals surface area contributed by atoms with E-state index in [4.69, 9.17) is 9.25 Å². The van der Waals surface area contributed by atoms with E-state index in [2.05, 4.69) is 52.5 Å². The van der Waals surface area contributed by atoms with E-state index < -0.39 is 5.97 Å². The predicted molar refractivity (Wildman–Crippen MR) is 158 cm³/mol. The molecule has 0 amide bonds. The summed E-state index contributed by atoms with van der Waals surface area (Å²) in [6.45, 7) is 2.94. The fraction of sp³-hybridized carbons (Fsp3) is 0.0606. The number of hydrogen-bond acceptors (Lipinski definition) is 6. The van der Waals surface area contributed by atoms with Crippen molar-refractivity contribution in [2.24, 2.45) is 5.16 Å². The molecule has 0 radical (unpaired) electrons. The van der Waals surface area contributed by atoms with Gasteiger partial charge in [-0.2, -0.15) is 0 Å². The molecule has 4 aromatic rings. The zero-order valence-electron chi connectivity index (χ0n) is 21.0. The van der Waals surface area contributed by atoms with Gasteiger partial charge in [0, 0.05) is 37.5 Å². The molecule has 1 heterocycles. The highest BCUT2D eigenvalue weighted by Gasteiger charge is 2.14. The van der Waals surface area contributed by atoms with Crippen LogP contribution in [0.15, 0.2) is 98.2 Å². The van der Waals surface area contributed by atoms with Crippen molar-refractivity contribution in [3.8, 4) is 47.4 Å². The highest BCUT2D eigenvalue weighted by molar-refractivity contribution is 7.99. The van der Waals surface area contributed by atoms with Gasteiger partial charge in [0.05, 0.1) is 0 Å². The minimum Gasteiger partial charge on any atom is -0.453 e. The van der Waals surface area contributed by atoms with Crippen LogP contribution in [0.25, 0.3) is 11.0 Å². The molecule has 0 fully saturated rings. The lowest BCUT2D eigenvalue weighted by atomic mass is 10.1. The van der Waals surface area contributed by atoms with Crippen molar-refractivity contribution in [1.82, 2.24) is 0 Å². The molecule has 3 aromatic carbocycles. The molecule has 1 aromatic heterocycles. The van der Waals surface area contributed by atoms with E-state index in [0.29, 0.717) is 22.5 Å². The molecule has 0 aliphatic heterocycles. The summed E-state index contributed by atoms with van der Waals surface area (Å²) in [7, 11) is 0. The third-order valence-corrected chi connectivity index (χ3v) is 6.03. The summed E-state index contributed by atoms with van der Waals surface area (Å²) >= 11 is 1.53. The van der Waals surface area contributed by atoms with Crippen LogP contribution in [0.2, 0.25) is 0 Å². The van der Waals surface area contributed by atoms with Crippen molar-refractivity contribution in [2.45, 2.75) is 23.6 Å². The van der Waals surface area contributed by atoms with E-state index in [1.807, 2.05) is 60.7 Å². The molecule has 0 N–H and O–H groups in total. The van der Waals surface area contributed by atoms with Gasteiger partial charge in [-0.25, -0.2) is 4.79 Å². The number of carbonyl (C=O) groups excluding carboxylic acids is 2. The average Bonchev–Trinajstić information content (AvgIpc) is 3.39. The molecule has 192 valence electrons. The lowest BCUT2D eigenvalue weighted by molar-refractivity contribution is -0.140. The highest BCUT2D eigenvalue weighted by Crippen LogP contribution is 2.29. The van der Waals surface area contributed by atoms with Gasteiger partial charge in [-0.05, 0) is 96.9 Å². The summed E-state index contributed by atoms with van der Waals surface area (Å²) in [5.41, 5.74) is 2.14. The number of hydrogen-bond donors (Lipinski definition) is 0. The maximum absolute atomic E-state index is 12.9. The maximum Gasteiger partial charge on any atom is 0.332 e. The normalized spacial score (nSPS) is 9.95. The van der Waals surface area contributed by atoms with Crippen LogP contribution in [0.1, 0.15) is 39.8 Å². The van der Waals surface area contributed by atoms with E-state index in [-0.39, 0.29) is 15.8 Å². The number of fused-ring (bicyclic) bond motifs is 1. The molecule has 39 heavy (non-hydrogen) atoms. The third kappa shape index (κ3) is 7.55. The van der Waals surface area contributed by atoms with E-state index in [1.54, 1.807) is 25.1 Å². The Labute approximate surface area is 235 Å². The first-order valence-corrected chi connectivity index (χ1v) is 12.4. The molecule has 0 saturated heterocycles. The molecular formula is C33H25NO4S. The fourth-order valence-electron chi connectivity index (χ4n) is 3.26. The number of benzene rings is 3. The van der Waals surface area contributed by atoms with Crippen molar-refractivity contribution in [3.05, 3.63) is 95.7 Å². The van der Waals surface area contributed by atoms with Gasteiger partial charge in [0.1, 0.15) is 5.58 Å². The Morgan fingerprint density at radius 2 is 1.44 bits per heavy atom. The highest BCUT2D eigenvalue weighted by atomic mass is 32.2. The van der Waals surface area contributed by atoms with Crippen LogP contribution in [0, 0.1) is 47.4 Å². The first-order chi connectivity index (χ1) is 19.0. The van der Waals surface area contributed by atoms with Gasteiger partial charge in [-0.3, -0.25) is 4.79 Å². The summed E-state index contributed by atoms with van der Waals surface area (Å²) in [6, 6.07) is 24.1. The molecule has 0 atom stereocenters. The molecule has 6 heteroatoms. The number of nitrogens with zero attached hydrogens (tertiary/aromatic N) is 1. The SMILES string of the molecule is CC#CC#CC#CC#CC(=NOC(C)=O)c1ccc(Sc2ccc(C(=O)c3cc4ccccc4o3)cc2)cc1.[HH].[HH].[HH]. The lowest BCUT2D eigenvalue weighted by Crippen LogP contribution is -2.01. The van der Waals surface area contributed by atoms with Gasteiger partial charge in [-0.1, -0.05) is 53.2 Å². The second kappa shape index (κ2) is 13.2. The van der Waals surface area contributed by atoms with Crippen molar-refractivity contribution < 1.29 is 23.1 Å². The number of para-hydroxylation sites is 1. The van der Waals surface area contributed by atoms with Gasteiger partial charge in [-0.15, -0.1) is 0 Å². The van der Waals surface area contributed by atoms with Crippen LogP contribution in [-0.2, 0) is 9.63 Å². The molecule has 5 nitrogen and oxygen atoms in total. The van der Waals surface area contributed by atoms with Crippen LogP contribution >= 0.6 is 11.8 Å². The largest absolute Gasteiger partial charge is 0.453 e. The summed E-state index contributed by atoms with van der Waals surface area (Å²) in [5, 5.41) is 4.73. The minimum atomic E-state index is -0.557. The Balaban J connectivity index is 0.00000294. The molecular weight excluding hydrogens is 506 g/mol. The Morgan fingerprint density at radius 1 is 0.821 bits per heavy atom. The minimum absolute atomic E-state index is 0. The summed E-state index contributed by atoms with van der Waals surface area (Å²) in [5.74, 6) is 20.6. The van der Waals surface area contributed by atoms with Gasteiger partial charge >= 0.3 is 5.97 Å². The van der Waals surface area contributed by atoms with Crippen LogP contribution in [0.5, 0.6) is 0 Å². The molecule has 0 aliphatic carbocycles. The number of carbonyl (C=O) groups is 2. The molecule has 0 spiro atoms. The Morgan fingerprint density at radius 3 is 2.08 bits per heavy atom. The van der Waals surface area contributed by atoms with E-state index in [0.717, 1.165) is 15.2 Å². The van der Waals surface area contributed by atoms with Gasteiger partial charge in [0.25, 0.3) is 0 Å². The first-order valence-electron chi connectivity index (χ1n) is 11.6. The number of ketones is 1. The molecule has 0 aliphatic rings. The smallest absolute Gasteiger partial charge is 0.332 e. The monoisotopic (exact) mass is 531 g/mol. The Bertz CT molecular complexity index is 1800. The van der Waals surface area contributed by atoms with Crippen molar-refractivity contribution in [3.63, 3.8) is 0 Å². The Hall–Kier alpha value is -5.40.